The van der Waals surface area contributed by atoms with Gasteiger partial charge in [-0.3, -0.25) is 14.7 Å². The average molecular weight is 804 g/mol. The van der Waals surface area contributed by atoms with Crippen LogP contribution in [-0.2, 0) is 14.2 Å². The number of hydrogen-bond donors (Lipinski definition) is 0. The zero-order valence-corrected chi connectivity index (χ0v) is 32.1. The van der Waals surface area contributed by atoms with E-state index in [1.165, 1.54) is 0 Å². The van der Waals surface area contributed by atoms with E-state index in [-0.39, 0.29) is 0 Å². The van der Waals surface area contributed by atoms with Gasteiger partial charge in [0.25, 0.3) is 0 Å². The van der Waals surface area contributed by atoms with Crippen molar-refractivity contribution in [2.75, 3.05) is 0 Å². The van der Waals surface area contributed by atoms with Crippen LogP contribution in [0.15, 0.2) is 30.3 Å². The minimum atomic E-state index is -1.85. The first kappa shape index (κ1) is 36.3. The van der Waals surface area contributed by atoms with E-state index in [0.29, 0.717) is 48.3 Å². The van der Waals surface area contributed by atoms with Crippen LogP contribution in [0.25, 0.3) is 0 Å². The summed E-state index contributed by atoms with van der Waals surface area (Å²) in [5.41, 5.74) is 1.60. The molecular weight excluding hydrogens is 747 g/mol. The number of nitrogens with zero attached hydrogens (tertiary/aromatic N) is 3. The van der Waals surface area contributed by atoms with E-state index in [9.17, 15) is 0 Å². The van der Waals surface area contributed by atoms with Crippen molar-refractivity contribution >= 4 is 41.5 Å². The van der Waals surface area contributed by atoms with Gasteiger partial charge in [-0.15, -0.1) is 0 Å². The van der Waals surface area contributed by atoms with Crippen LogP contribution in [-0.4, -0.2) is 80.4 Å². The molecule has 39 heavy (non-hydrogen) atoms. The number of rotatable bonds is 12. The van der Waals surface area contributed by atoms with Gasteiger partial charge in [0, 0.05) is 50.1 Å². The number of halogens is 3. The Hall–Kier alpha value is 1.09. The van der Waals surface area contributed by atoms with Crippen molar-refractivity contribution in [1.82, 2.24) is 14.7 Å². The molecule has 0 aromatic heterocycles. The molecule has 0 amide bonds. The van der Waals surface area contributed by atoms with Crippen LogP contribution in [0, 0.1) is 5.92 Å². The van der Waals surface area contributed by atoms with Crippen LogP contribution >= 0.6 is 36.2 Å². The summed E-state index contributed by atoms with van der Waals surface area (Å²) in [6.07, 6.45) is 0. The minimum absolute atomic E-state index is 0.572. The van der Waals surface area contributed by atoms with Gasteiger partial charge in [-0.1, -0.05) is 25.1 Å². The Bertz CT molecular complexity index is 802. The van der Waals surface area contributed by atoms with E-state index >= 15 is 0 Å². The van der Waals surface area contributed by atoms with Gasteiger partial charge >= 0.3 is 42.4 Å². The van der Waals surface area contributed by atoms with Crippen LogP contribution in [0.2, 0.25) is 0 Å². The summed E-state index contributed by atoms with van der Waals surface area (Å²) in [6, 6.07) is 17.3. The van der Waals surface area contributed by atoms with E-state index in [4.69, 9.17) is 28.3 Å². The molecular formula is C31H57Cl3N3PPt+. The summed E-state index contributed by atoms with van der Waals surface area (Å²) in [7, 11) is 14.1. The first-order valence-corrected chi connectivity index (χ1v) is 25.0. The Morgan fingerprint density at radius 2 is 0.872 bits per heavy atom. The molecule has 2 aliphatic carbocycles. The number of hydrogen-bond acceptors (Lipinski definition) is 3. The van der Waals surface area contributed by atoms with Crippen LogP contribution in [0.4, 0.5) is 0 Å². The van der Waals surface area contributed by atoms with Gasteiger partial charge in [-0.25, -0.2) is 0 Å². The number of benzene rings is 1. The molecule has 2 aliphatic rings. The molecule has 0 bridgehead atoms. The van der Waals surface area contributed by atoms with Gasteiger partial charge in [0.05, 0.1) is 29.1 Å². The fourth-order valence-corrected chi connectivity index (χ4v) is 12.5. The van der Waals surface area contributed by atoms with E-state index in [1.807, 2.05) is 0 Å². The molecule has 0 radical (unpaired) electrons. The maximum atomic E-state index is 4.96. The molecule has 0 saturated heterocycles. The molecule has 0 N–H and O–H groups in total. The van der Waals surface area contributed by atoms with Crippen LogP contribution in [0.3, 0.4) is 0 Å². The Morgan fingerprint density at radius 3 is 1.18 bits per heavy atom. The second-order valence-corrected chi connectivity index (χ2v) is 25.9. The maximum absolute atomic E-state index is 4.96. The van der Waals surface area contributed by atoms with E-state index in [1.54, 1.807) is 5.30 Å². The van der Waals surface area contributed by atoms with Gasteiger partial charge < -0.3 is 0 Å². The summed E-state index contributed by atoms with van der Waals surface area (Å²) < 4.78 is 0. The van der Waals surface area contributed by atoms with Crippen LogP contribution < -0.4 is 5.30 Å². The van der Waals surface area contributed by atoms with Crippen LogP contribution in [0.5, 0.6) is 0 Å². The van der Waals surface area contributed by atoms with Gasteiger partial charge in [-0.2, -0.15) is 0 Å². The van der Waals surface area contributed by atoms with Gasteiger partial charge in [-0.05, 0) is 95.2 Å². The topological polar surface area (TPSA) is 9.72 Å². The summed E-state index contributed by atoms with van der Waals surface area (Å²) in [5.74, 6) is 0.786. The molecule has 1 aromatic carbocycles. The fraction of sp³-hybridized carbons (Fsp3) is 0.806. The monoisotopic (exact) mass is 802 g/mol. The van der Waals surface area contributed by atoms with Crippen molar-refractivity contribution in [3.05, 3.63) is 30.3 Å². The quantitative estimate of drug-likeness (QED) is 0.197. The van der Waals surface area contributed by atoms with Gasteiger partial charge in [0.1, 0.15) is 5.66 Å². The molecule has 2 saturated carbocycles. The van der Waals surface area contributed by atoms with Crippen molar-refractivity contribution in [2.45, 2.75) is 156 Å². The van der Waals surface area contributed by atoms with Gasteiger partial charge in [0.2, 0.25) is 0 Å². The van der Waals surface area contributed by atoms with Crippen molar-refractivity contribution in [3.8, 4) is 0 Å². The molecule has 1 aromatic rings. The normalized spacial score (nSPS) is 27.9. The SMILES string of the molecule is CC1C(N(C(C)C)C(C)C)C1[PH+](c1ccccc1)C1C(N(C(C)C)C(C)C)C1N(C(C)C)C(C)C.[Cl][Pt]([Cl])[Cl]. The third kappa shape index (κ3) is 9.05. The molecule has 6 atom stereocenters. The van der Waals surface area contributed by atoms with Crippen LogP contribution in [0.1, 0.15) is 90.0 Å². The average Bonchev–Trinajstić information content (AvgIpc) is 3.65. The predicted molar refractivity (Wildman–Crippen MR) is 176 cm³/mol. The molecule has 3 nitrogen and oxygen atoms in total. The van der Waals surface area contributed by atoms with Crippen molar-refractivity contribution in [2.24, 2.45) is 5.92 Å². The molecule has 0 aliphatic heterocycles. The van der Waals surface area contributed by atoms with Crippen molar-refractivity contribution in [3.63, 3.8) is 0 Å². The molecule has 231 valence electrons. The third-order valence-electron chi connectivity index (χ3n) is 8.71. The zero-order valence-electron chi connectivity index (χ0n) is 26.6. The Kier molecular flexibility index (Phi) is 14.6. The summed E-state index contributed by atoms with van der Waals surface area (Å²) >= 11 is -1.85. The molecule has 0 spiro atoms. The summed E-state index contributed by atoms with van der Waals surface area (Å²) in [4.78, 5) is 8.57. The molecule has 0 heterocycles. The van der Waals surface area contributed by atoms with E-state index < -0.39 is 22.1 Å². The molecule has 8 heteroatoms. The molecule has 2 fully saturated rings. The van der Waals surface area contributed by atoms with Gasteiger partial charge in [0.15, 0.2) is 0 Å². The standard InChI is InChI=1S/C31H56N3P.3ClH.Pt/c1-19(2)32(20(3)4)27-25(13)30(27)35(26-17-15-14-16-18-26)31-28(33(21(5)6)22(7)8)29(31)34(23(9)10)24(11)12;;;;/h14-25,27-31H,1-13H3;3*1H;/q;;;;+3/p-2. The van der Waals surface area contributed by atoms with Crippen molar-refractivity contribution < 1.29 is 14.2 Å². The molecule has 6 unspecified atom stereocenters. The van der Waals surface area contributed by atoms with E-state index in [0.717, 1.165) is 23.3 Å². The summed E-state index contributed by atoms with van der Waals surface area (Å²) in [5, 5.41) is 1.67. The predicted octanol–water partition coefficient (Wildman–Crippen LogP) is 8.45. The second-order valence-electron chi connectivity index (χ2n) is 13.2. The first-order valence-electron chi connectivity index (χ1n) is 14.9. The van der Waals surface area contributed by atoms with Crippen molar-refractivity contribution in [1.29, 1.82) is 0 Å². The fourth-order valence-electron chi connectivity index (χ4n) is 7.83. The molecule has 3 rings (SSSR count). The Labute approximate surface area is 260 Å². The first-order chi connectivity index (χ1) is 18.1. The third-order valence-corrected chi connectivity index (χ3v) is 12.7. The zero-order chi connectivity index (χ0) is 29.9. The summed E-state index contributed by atoms with van der Waals surface area (Å²) in [6.45, 7) is 31.5. The Morgan fingerprint density at radius 1 is 0.564 bits per heavy atom. The second kappa shape index (κ2) is 15.7. The van der Waals surface area contributed by atoms with E-state index in [2.05, 4.69) is 135 Å². The Balaban J connectivity index is 0.00000124.